The Bertz CT molecular complexity index is 735. The third-order valence-corrected chi connectivity index (χ3v) is 5.64. The predicted molar refractivity (Wildman–Crippen MR) is 95.1 cm³/mol. The lowest BCUT2D eigenvalue weighted by Gasteiger charge is -2.13. The highest BCUT2D eigenvalue weighted by Gasteiger charge is 2.61. The van der Waals surface area contributed by atoms with E-state index in [2.05, 4.69) is 20.7 Å². The van der Waals surface area contributed by atoms with Crippen molar-refractivity contribution in [2.75, 3.05) is 7.11 Å². The van der Waals surface area contributed by atoms with E-state index in [1.165, 1.54) is 13.2 Å². The van der Waals surface area contributed by atoms with Gasteiger partial charge in [-0.1, -0.05) is 37.0 Å². The Balaban J connectivity index is 2.18. The lowest BCUT2D eigenvalue weighted by Crippen LogP contribution is -2.13. The molecule has 0 bridgehead atoms. The van der Waals surface area contributed by atoms with Crippen LogP contribution in [0.25, 0.3) is 0 Å². The quantitative estimate of drug-likeness (QED) is 0.394. The number of carbonyl (C=O) groups excluding carboxylic acids is 1. The standard InChI is InChI=1S/C17H16BrCl2F3O3/c1-17(2)9(4-10(19)20)11(17)16(24)26-6-7-12(18)13(21)8(5-25-3)15(23)14(7)22/h4,9,11H,5-6H2,1-3H3/t9-,11+/m0/s1. The predicted octanol–water partition coefficient (Wildman–Crippen LogP) is 5.65. The van der Waals surface area contributed by atoms with E-state index in [9.17, 15) is 18.0 Å². The average molecular weight is 476 g/mol. The molecule has 9 heteroatoms. The van der Waals surface area contributed by atoms with Crippen molar-refractivity contribution in [1.82, 2.24) is 0 Å². The first kappa shape index (κ1) is 21.5. The summed E-state index contributed by atoms with van der Waals surface area (Å²) in [6.07, 6.45) is 1.53. The Morgan fingerprint density at radius 2 is 1.73 bits per heavy atom. The van der Waals surface area contributed by atoms with E-state index in [-0.39, 0.29) is 14.9 Å². The van der Waals surface area contributed by atoms with Crippen molar-refractivity contribution in [2.24, 2.45) is 17.3 Å². The molecule has 1 fully saturated rings. The fourth-order valence-corrected chi connectivity index (χ4v) is 3.73. The zero-order valence-electron chi connectivity index (χ0n) is 14.1. The third-order valence-electron chi connectivity index (χ3n) is 4.56. The summed E-state index contributed by atoms with van der Waals surface area (Å²) in [4.78, 5) is 12.3. The van der Waals surface area contributed by atoms with Crippen molar-refractivity contribution < 1.29 is 27.4 Å². The van der Waals surface area contributed by atoms with Crippen molar-refractivity contribution in [2.45, 2.75) is 27.1 Å². The van der Waals surface area contributed by atoms with Gasteiger partial charge in [0.2, 0.25) is 0 Å². The minimum absolute atomic E-state index is 0.0324. The molecule has 0 spiro atoms. The van der Waals surface area contributed by atoms with E-state index in [4.69, 9.17) is 27.9 Å². The van der Waals surface area contributed by atoms with Crippen LogP contribution in [-0.4, -0.2) is 13.1 Å². The molecular formula is C17H16BrCl2F3O3. The van der Waals surface area contributed by atoms with E-state index in [0.29, 0.717) is 0 Å². The van der Waals surface area contributed by atoms with Gasteiger partial charge in [-0.25, -0.2) is 13.2 Å². The molecule has 144 valence electrons. The third kappa shape index (κ3) is 4.06. The highest BCUT2D eigenvalue weighted by molar-refractivity contribution is 9.10. The molecule has 0 heterocycles. The molecule has 1 saturated carbocycles. The van der Waals surface area contributed by atoms with Crippen LogP contribution in [0.4, 0.5) is 13.2 Å². The van der Waals surface area contributed by atoms with Crippen molar-refractivity contribution in [3.63, 3.8) is 0 Å². The summed E-state index contributed by atoms with van der Waals surface area (Å²) in [6, 6.07) is 0. The zero-order chi connectivity index (χ0) is 19.8. The molecule has 0 radical (unpaired) electrons. The Kier molecular flexibility index (Phi) is 6.70. The SMILES string of the molecule is COCc1c(F)c(F)c(COC(=O)[C@H]2[C@H](C=C(Cl)Cl)C2(C)C)c(Br)c1F. The first-order valence-corrected chi connectivity index (χ1v) is 9.11. The van der Waals surface area contributed by atoms with E-state index >= 15 is 0 Å². The second kappa shape index (κ2) is 8.09. The van der Waals surface area contributed by atoms with Crippen LogP contribution in [0, 0.1) is 34.7 Å². The van der Waals surface area contributed by atoms with Crippen LogP contribution in [0.5, 0.6) is 0 Å². The highest BCUT2D eigenvalue weighted by atomic mass is 79.9. The number of ether oxygens (including phenoxy) is 2. The van der Waals surface area contributed by atoms with E-state index in [0.717, 1.165) is 0 Å². The molecule has 2 atom stereocenters. The largest absolute Gasteiger partial charge is 0.460 e. The van der Waals surface area contributed by atoms with Gasteiger partial charge in [0.25, 0.3) is 0 Å². The van der Waals surface area contributed by atoms with Gasteiger partial charge in [0.1, 0.15) is 16.9 Å². The Morgan fingerprint density at radius 3 is 2.27 bits per heavy atom. The molecule has 1 aromatic carbocycles. The number of benzene rings is 1. The molecule has 0 amide bonds. The van der Waals surface area contributed by atoms with Crippen molar-refractivity contribution in [3.05, 3.63) is 43.6 Å². The molecule has 0 saturated heterocycles. The number of methoxy groups -OCH3 is 1. The smallest absolute Gasteiger partial charge is 0.310 e. The zero-order valence-corrected chi connectivity index (χ0v) is 17.2. The van der Waals surface area contributed by atoms with Gasteiger partial charge in [-0.3, -0.25) is 4.79 Å². The molecule has 0 N–H and O–H groups in total. The maximum Gasteiger partial charge on any atom is 0.310 e. The van der Waals surface area contributed by atoms with Crippen LogP contribution < -0.4 is 0 Å². The van der Waals surface area contributed by atoms with Crippen LogP contribution in [0.2, 0.25) is 0 Å². The van der Waals surface area contributed by atoms with Gasteiger partial charge in [0.15, 0.2) is 11.6 Å². The minimum atomic E-state index is -1.37. The van der Waals surface area contributed by atoms with Crippen LogP contribution in [0.15, 0.2) is 15.0 Å². The lowest BCUT2D eigenvalue weighted by atomic mass is 10.1. The molecule has 26 heavy (non-hydrogen) atoms. The number of hydrogen-bond donors (Lipinski definition) is 0. The summed E-state index contributed by atoms with van der Waals surface area (Å²) < 4.78 is 51.9. The Labute approximate surface area is 167 Å². The average Bonchev–Trinajstić information content (AvgIpc) is 3.09. The number of esters is 1. The molecule has 0 aliphatic heterocycles. The lowest BCUT2D eigenvalue weighted by molar-refractivity contribution is -0.147. The molecule has 0 aromatic heterocycles. The Morgan fingerprint density at radius 1 is 1.15 bits per heavy atom. The molecule has 3 nitrogen and oxygen atoms in total. The maximum atomic E-state index is 14.2. The van der Waals surface area contributed by atoms with Crippen molar-refractivity contribution >= 4 is 45.1 Å². The minimum Gasteiger partial charge on any atom is -0.460 e. The molecule has 1 aromatic rings. The van der Waals surface area contributed by atoms with Crippen molar-refractivity contribution in [3.8, 4) is 0 Å². The summed E-state index contributed by atoms with van der Waals surface area (Å²) >= 11 is 14.1. The number of hydrogen-bond acceptors (Lipinski definition) is 3. The number of rotatable bonds is 6. The van der Waals surface area contributed by atoms with Gasteiger partial charge in [0, 0.05) is 12.7 Å². The summed E-state index contributed by atoms with van der Waals surface area (Å²) in [6.45, 7) is 2.60. The van der Waals surface area contributed by atoms with Crippen molar-refractivity contribution in [1.29, 1.82) is 0 Å². The summed E-state index contributed by atoms with van der Waals surface area (Å²) in [5, 5.41) is 0. The molecule has 1 aliphatic rings. The second-order valence-electron chi connectivity index (χ2n) is 6.53. The van der Waals surface area contributed by atoms with E-state index < -0.39 is 59.1 Å². The normalized spacial score (nSPS) is 20.7. The van der Waals surface area contributed by atoms with Gasteiger partial charge in [0.05, 0.1) is 22.6 Å². The van der Waals surface area contributed by atoms with Gasteiger partial charge in [-0.15, -0.1) is 0 Å². The van der Waals surface area contributed by atoms with E-state index in [1.54, 1.807) is 0 Å². The fraction of sp³-hybridized carbons (Fsp3) is 0.471. The van der Waals surface area contributed by atoms with Gasteiger partial charge in [-0.2, -0.15) is 0 Å². The highest BCUT2D eigenvalue weighted by Crippen LogP contribution is 2.60. The van der Waals surface area contributed by atoms with Crippen LogP contribution in [0.3, 0.4) is 0 Å². The molecule has 0 unspecified atom stereocenters. The monoisotopic (exact) mass is 474 g/mol. The molecule has 1 aliphatic carbocycles. The van der Waals surface area contributed by atoms with Gasteiger partial charge in [-0.05, 0) is 33.3 Å². The fourth-order valence-electron chi connectivity index (χ4n) is 2.93. The number of allylic oxidation sites excluding steroid dienone is 1. The summed E-state index contributed by atoms with van der Waals surface area (Å²) in [7, 11) is 1.23. The Hall–Kier alpha value is -0.760. The summed E-state index contributed by atoms with van der Waals surface area (Å²) in [5.41, 5.74) is -1.40. The first-order valence-electron chi connectivity index (χ1n) is 7.56. The topological polar surface area (TPSA) is 35.5 Å². The maximum absolute atomic E-state index is 14.2. The second-order valence-corrected chi connectivity index (χ2v) is 8.34. The van der Waals surface area contributed by atoms with E-state index in [1.807, 2.05) is 13.8 Å². The molecule has 2 rings (SSSR count). The summed E-state index contributed by atoms with van der Waals surface area (Å²) in [5.74, 6) is -5.06. The number of halogens is 6. The number of carbonyl (C=O) groups is 1. The van der Waals surface area contributed by atoms with Crippen LogP contribution >= 0.6 is 39.1 Å². The van der Waals surface area contributed by atoms with Crippen LogP contribution in [0.1, 0.15) is 25.0 Å². The molecular weight excluding hydrogens is 460 g/mol. The first-order chi connectivity index (χ1) is 12.0. The van der Waals surface area contributed by atoms with Gasteiger partial charge >= 0.3 is 5.97 Å². The van der Waals surface area contributed by atoms with Crippen LogP contribution in [-0.2, 0) is 27.5 Å². The van der Waals surface area contributed by atoms with Gasteiger partial charge < -0.3 is 9.47 Å².